The Balaban J connectivity index is 1.79. The molecule has 0 amide bonds. The van der Waals surface area contributed by atoms with Crippen LogP contribution in [-0.2, 0) is 6.54 Å². The number of halogens is 1. The molecule has 3 aromatic rings. The molecule has 5 heteroatoms. The van der Waals surface area contributed by atoms with E-state index in [0.29, 0.717) is 18.1 Å². The van der Waals surface area contributed by atoms with E-state index < -0.39 is 0 Å². The van der Waals surface area contributed by atoms with Crippen molar-refractivity contribution in [2.24, 2.45) is 0 Å². The van der Waals surface area contributed by atoms with Crippen molar-refractivity contribution in [3.8, 4) is 6.07 Å². The van der Waals surface area contributed by atoms with Gasteiger partial charge in [0.05, 0.1) is 22.7 Å². The van der Waals surface area contributed by atoms with Gasteiger partial charge in [0.25, 0.3) is 0 Å². The number of hydrogen-bond acceptors (Lipinski definition) is 3. The number of aromatic nitrogens is 2. The Labute approximate surface area is 114 Å². The zero-order valence-corrected chi connectivity index (χ0v) is 10.5. The Hall–Kier alpha value is -2.87. The van der Waals surface area contributed by atoms with Crippen molar-refractivity contribution in [2.75, 3.05) is 5.32 Å². The minimum absolute atomic E-state index is 0.257. The van der Waals surface area contributed by atoms with Gasteiger partial charge < -0.3 is 10.3 Å². The molecular formula is C15H11FN4. The van der Waals surface area contributed by atoms with Gasteiger partial charge in [0.15, 0.2) is 0 Å². The maximum absolute atomic E-state index is 13.1. The maximum Gasteiger partial charge on any atom is 0.201 e. The van der Waals surface area contributed by atoms with Crippen LogP contribution in [0, 0.1) is 17.1 Å². The van der Waals surface area contributed by atoms with E-state index in [2.05, 4.69) is 21.4 Å². The first-order chi connectivity index (χ1) is 9.74. The molecule has 1 aromatic heterocycles. The highest BCUT2D eigenvalue weighted by Crippen LogP contribution is 2.16. The van der Waals surface area contributed by atoms with Gasteiger partial charge in [-0.25, -0.2) is 9.37 Å². The van der Waals surface area contributed by atoms with Crippen molar-refractivity contribution >= 4 is 17.0 Å². The number of H-pyrrole nitrogens is 1. The normalized spacial score (nSPS) is 10.4. The van der Waals surface area contributed by atoms with E-state index in [0.717, 1.165) is 16.6 Å². The summed E-state index contributed by atoms with van der Waals surface area (Å²) in [5.41, 5.74) is 3.00. The molecule has 0 saturated carbocycles. The highest BCUT2D eigenvalue weighted by atomic mass is 19.1. The first-order valence-electron chi connectivity index (χ1n) is 6.13. The minimum atomic E-state index is -0.257. The SMILES string of the molecule is N#Cc1ccc2nc(NCc3cccc(F)c3)[nH]c2c1. The lowest BCUT2D eigenvalue weighted by Crippen LogP contribution is -2.00. The van der Waals surface area contributed by atoms with Crippen molar-refractivity contribution < 1.29 is 4.39 Å². The fourth-order valence-corrected chi connectivity index (χ4v) is 2.00. The number of aromatic amines is 1. The largest absolute Gasteiger partial charge is 0.352 e. The second-order valence-corrected chi connectivity index (χ2v) is 4.41. The van der Waals surface area contributed by atoms with Gasteiger partial charge in [-0.2, -0.15) is 5.26 Å². The zero-order chi connectivity index (χ0) is 13.9. The van der Waals surface area contributed by atoms with Crippen molar-refractivity contribution in [2.45, 2.75) is 6.54 Å². The van der Waals surface area contributed by atoms with Gasteiger partial charge in [0.2, 0.25) is 5.95 Å². The summed E-state index contributed by atoms with van der Waals surface area (Å²) in [6.45, 7) is 0.475. The van der Waals surface area contributed by atoms with Gasteiger partial charge in [0.1, 0.15) is 5.82 Å². The molecule has 4 nitrogen and oxygen atoms in total. The van der Waals surface area contributed by atoms with Crippen molar-refractivity contribution in [3.63, 3.8) is 0 Å². The minimum Gasteiger partial charge on any atom is -0.352 e. The number of nitrogens with zero attached hydrogens (tertiary/aromatic N) is 2. The lowest BCUT2D eigenvalue weighted by molar-refractivity contribution is 0.626. The van der Waals surface area contributed by atoms with Crippen LogP contribution in [0.1, 0.15) is 11.1 Å². The van der Waals surface area contributed by atoms with Gasteiger partial charge >= 0.3 is 0 Å². The van der Waals surface area contributed by atoms with E-state index in [9.17, 15) is 4.39 Å². The zero-order valence-electron chi connectivity index (χ0n) is 10.5. The summed E-state index contributed by atoms with van der Waals surface area (Å²) < 4.78 is 13.1. The topological polar surface area (TPSA) is 64.5 Å². The quantitative estimate of drug-likeness (QED) is 0.765. The molecular weight excluding hydrogens is 255 g/mol. The average molecular weight is 266 g/mol. The Kier molecular flexibility index (Phi) is 3.05. The van der Waals surface area contributed by atoms with Crippen LogP contribution in [0.2, 0.25) is 0 Å². The second kappa shape index (κ2) is 5.02. The van der Waals surface area contributed by atoms with Gasteiger partial charge in [-0.15, -0.1) is 0 Å². The molecule has 20 heavy (non-hydrogen) atoms. The van der Waals surface area contributed by atoms with Crippen LogP contribution in [0.4, 0.5) is 10.3 Å². The molecule has 0 saturated heterocycles. The molecule has 0 bridgehead atoms. The molecule has 2 aromatic carbocycles. The first-order valence-corrected chi connectivity index (χ1v) is 6.13. The average Bonchev–Trinajstić information content (AvgIpc) is 2.87. The lowest BCUT2D eigenvalue weighted by atomic mass is 10.2. The van der Waals surface area contributed by atoms with Gasteiger partial charge in [-0.1, -0.05) is 12.1 Å². The molecule has 0 radical (unpaired) electrons. The molecule has 3 rings (SSSR count). The number of rotatable bonds is 3. The summed E-state index contributed by atoms with van der Waals surface area (Å²) in [5.74, 6) is 0.340. The summed E-state index contributed by atoms with van der Waals surface area (Å²) in [6.07, 6.45) is 0. The molecule has 0 spiro atoms. The van der Waals surface area contributed by atoms with Crippen LogP contribution in [0.5, 0.6) is 0 Å². The van der Waals surface area contributed by atoms with Gasteiger partial charge in [0, 0.05) is 6.54 Å². The number of fused-ring (bicyclic) bond motifs is 1. The fraction of sp³-hybridized carbons (Fsp3) is 0.0667. The van der Waals surface area contributed by atoms with Crippen molar-refractivity contribution in [1.29, 1.82) is 5.26 Å². The standard InChI is InChI=1S/C15H11FN4/c16-12-3-1-2-11(6-12)9-18-15-19-13-5-4-10(8-17)7-14(13)20-15/h1-7H,9H2,(H2,18,19,20). The van der Waals surface area contributed by atoms with E-state index in [-0.39, 0.29) is 5.82 Å². The number of imidazole rings is 1. The lowest BCUT2D eigenvalue weighted by Gasteiger charge is -2.02. The van der Waals surface area contributed by atoms with Crippen LogP contribution in [-0.4, -0.2) is 9.97 Å². The Morgan fingerprint density at radius 2 is 2.15 bits per heavy atom. The highest BCUT2D eigenvalue weighted by Gasteiger charge is 2.03. The number of nitrogens with one attached hydrogen (secondary N) is 2. The van der Waals surface area contributed by atoms with Crippen LogP contribution in [0.25, 0.3) is 11.0 Å². The monoisotopic (exact) mass is 266 g/mol. The predicted molar refractivity (Wildman–Crippen MR) is 74.5 cm³/mol. The van der Waals surface area contributed by atoms with Gasteiger partial charge in [-0.3, -0.25) is 0 Å². The Morgan fingerprint density at radius 1 is 1.25 bits per heavy atom. The van der Waals surface area contributed by atoms with Gasteiger partial charge in [-0.05, 0) is 35.9 Å². The van der Waals surface area contributed by atoms with Crippen molar-refractivity contribution in [1.82, 2.24) is 9.97 Å². The number of benzene rings is 2. The molecule has 0 atom stereocenters. The van der Waals surface area contributed by atoms with Crippen LogP contribution >= 0.6 is 0 Å². The van der Waals surface area contributed by atoms with Crippen molar-refractivity contribution in [3.05, 3.63) is 59.4 Å². The molecule has 1 heterocycles. The molecule has 0 unspecified atom stereocenters. The summed E-state index contributed by atoms with van der Waals surface area (Å²) in [4.78, 5) is 7.44. The number of anilines is 1. The van der Waals surface area contributed by atoms with Crippen LogP contribution in [0.15, 0.2) is 42.5 Å². The van der Waals surface area contributed by atoms with Crippen LogP contribution in [0.3, 0.4) is 0 Å². The second-order valence-electron chi connectivity index (χ2n) is 4.41. The Bertz CT molecular complexity index is 801. The van der Waals surface area contributed by atoms with Crippen LogP contribution < -0.4 is 5.32 Å². The Morgan fingerprint density at radius 3 is 2.95 bits per heavy atom. The van der Waals surface area contributed by atoms with E-state index in [1.165, 1.54) is 12.1 Å². The van der Waals surface area contributed by atoms with E-state index >= 15 is 0 Å². The number of hydrogen-bond donors (Lipinski definition) is 2. The van der Waals surface area contributed by atoms with E-state index in [1.807, 2.05) is 6.07 Å². The highest BCUT2D eigenvalue weighted by molar-refractivity contribution is 5.78. The predicted octanol–water partition coefficient (Wildman–Crippen LogP) is 3.19. The van der Waals surface area contributed by atoms with E-state index in [1.54, 1.807) is 24.3 Å². The molecule has 0 fully saturated rings. The van der Waals surface area contributed by atoms with E-state index in [4.69, 9.17) is 5.26 Å². The molecule has 0 aliphatic heterocycles. The fourth-order valence-electron chi connectivity index (χ4n) is 2.00. The third-order valence-electron chi connectivity index (χ3n) is 2.96. The smallest absolute Gasteiger partial charge is 0.201 e. The third-order valence-corrected chi connectivity index (χ3v) is 2.96. The molecule has 2 N–H and O–H groups in total. The first kappa shape index (κ1) is 12.2. The summed E-state index contributed by atoms with van der Waals surface area (Å²) in [7, 11) is 0. The number of nitriles is 1. The third kappa shape index (κ3) is 2.45. The summed E-state index contributed by atoms with van der Waals surface area (Å²) in [5, 5.41) is 11.9. The molecule has 98 valence electrons. The molecule has 0 aliphatic rings. The summed E-state index contributed by atoms with van der Waals surface area (Å²) in [6, 6.07) is 13.7. The molecule has 0 aliphatic carbocycles. The maximum atomic E-state index is 13.1. The summed E-state index contributed by atoms with van der Waals surface area (Å²) >= 11 is 0.